The Morgan fingerprint density at radius 2 is 1.90 bits per heavy atom. The topological polar surface area (TPSA) is 26.0 Å². The van der Waals surface area contributed by atoms with Gasteiger partial charge in [0.05, 0.1) is 0 Å². The van der Waals surface area contributed by atoms with Crippen LogP contribution >= 0.6 is 27.7 Å². The molecular formula is C18H20BrNS. The van der Waals surface area contributed by atoms with Gasteiger partial charge in [-0.05, 0) is 61.1 Å². The van der Waals surface area contributed by atoms with Gasteiger partial charge in [-0.25, -0.2) is 0 Å². The summed E-state index contributed by atoms with van der Waals surface area (Å²) in [5.41, 5.74) is 8.91. The van der Waals surface area contributed by atoms with Crippen LogP contribution in [0.3, 0.4) is 0 Å². The largest absolute Gasteiger partial charge is 0.330 e. The third-order valence-electron chi connectivity index (χ3n) is 4.08. The van der Waals surface area contributed by atoms with E-state index >= 15 is 0 Å². The molecule has 0 amide bonds. The highest BCUT2D eigenvalue weighted by molar-refractivity contribution is 9.10. The van der Waals surface area contributed by atoms with E-state index in [-0.39, 0.29) is 0 Å². The van der Waals surface area contributed by atoms with E-state index in [1.807, 2.05) is 11.8 Å². The molecule has 1 heterocycles. The fourth-order valence-electron chi connectivity index (χ4n) is 2.97. The summed E-state index contributed by atoms with van der Waals surface area (Å²) in [5, 5.41) is 0.686. The first kappa shape index (κ1) is 15.1. The molecule has 21 heavy (non-hydrogen) atoms. The summed E-state index contributed by atoms with van der Waals surface area (Å²) in [6, 6.07) is 17.4. The lowest BCUT2D eigenvalue weighted by molar-refractivity contribution is 0.485. The molecule has 2 aromatic rings. The van der Waals surface area contributed by atoms with Crippen molar-refractivity contribution in [2.45, 2.75) is 29.4 Å². The predicted octanol–water partition coefficient (Wildman–Crippen LogP) is 4.67. The van der Waals surface area contributed by atoms with E-state index in [9.17, 15) is 0 Å². The van der Waals surface area contributed by atoms with Crippen LogP contribution < -0.4 is 5.73 Å². The summed E-state index contributed by atoms with van der Waals surface area (Å²) in [5.74, 6) is 0.568. The maximum absolute atomic E-state index is 6.02. The fourth-order valence-corrected chi connectivity index (χ4v) is 4.69. The molecule has 0 spiro atoms. The van der Waals surface area contributed by atoms with Gasteiger partial charge in [-0.15, -0.1) is 11.8 Å². The Morgan fingerprint density at radius 3 is 2.62 bits per heavy atom. The Kier molecular flexibility index (Phi) is 5.04. The van der Waals surface area contributed by atoms with E-state index in [0.717, 1.165) is 17.4 Å². The van der Waals surface area contributed by atoms with E-state index in [2.05, 4.69) is 64.5 Å². The third kappa shape index (κ3) is 3.91. The average Bonchev–Trinajstić information content (AvgIpc) is 2.91. The van der Waals surface area contributed by atoms with Crippen LogP contribution in [0, 0.1) is 5.92 Å². The highest BCUT2D eigenvalue weighted by atomic mass is 79.9. The van der Waals surface area contributed by atoms with Crippen molar-refractivity contribution >= 4 is 27.7 Å². The summed E-state index contributed by atoms with van der Waals surface area (Å²) in [6.07, 6.45) is 3.47. The Morgan fingerprint density at radius 1 is 1.14 bits per heavy atom. The minimum absolute atomic E-state index is 0.568. The first-order valence-electron chi connectivity index (χ1n) is 7.43. The van der Waals surface area contributed by atoms with Crippen molar-refractivity contribution in [3.05, 3.63) is 64.1 Å². The second-order valence-corrected chi connectivity index (χ2v) is 7.98. The molecule has 3 heteroatoms. The lowest BCUT2D eigenvalue weighted by Gasteiger charge is -2.18. The van der Waals surface area contributed by atoms with Crippen LogP contribution in [0.2, 0.25) is 0 Å². The van der Waals surface area contributed by atoms with Crippen molar-refractivity contribution < 1.29 is 0 Å². The van der Waals surface area contributed by atoms with Gasteiger partial charge in [-0.2, -0.15) is 0 Å². The van der Waals surface area contributed by atoms with Gasteiger partial charge in [0.2, 0.25) is 0 Å². The van der Waals surface area contributed by atoms with Crippen molar-refractivity contribution in [2.75, 3.05) is 6.54 Å². The first-order chi connectivity index (χ1) is 10.2. The number of fused-ring (bicyclic) bond motifs is 1. The highest BCUT2D eigenvalue weighted by Gasteiger charge is 2.24. The zero-order valence-corrected chi connectivity index (χ0v) is 14.4. The van der Waals surface area contributed by atoms with Crippen LogP contribution in [0.5, 0.6) is 0 Å². The normalized spacial score (nSPS) is 18.5. The SMILES string of the molecule is NCC(Cc1ccc(Br)cc1)CC1Cc2ccccc2S1. The van der Waals surface area contributed by atoms with Gasteiger partial charge in [-0.1, -0.05) is 46.3 Å². The molecule has 1 aliphatic rings. The Hall–Kier alpha value is -0.770. The lowest BCUT2D eigenvalue weighted by atomic mass is 9.93. The summed E-state index contributed by atoms with van der Waals surface area (Å²) in [7, 11) is 0. The zero-order valence-electron chi connectivity index (χ0n) is 12.0. The molecule has 0 bridgehead atoms. The van der Waals surface area contributed by atoms with Gasteiger partial charge in [-0.3, -0.25) is 0 Å². The van der Waals surface area contributed by atoms with Crippen LogP contribution in [0.1, 0.15) is 17.5 Å². The van der Waals surface area contributed by atoms with Gasteiger partial charge in [0.25, 0.3) is 0 Å². The summed E-state index contributed by atoms with van der Waals surface area (Å²) < 4.78 is 1.14. The minimum atomic E-state index is 0.568. The third-order valence-corrected chi connectivity index (χ3v) is 5.95. The molecule has 0 radical (unpaired) electrons. The Bertz CT molecular complexity index is 571. The second kappa shape index (κ2) is 6.99. The van der Waals surface area contributed by atoms with Gasteiger partial charge < -0.3 is 5.73 Å². The number of benzene rings is 2. The molecule has 2 unspecified atom stereocenters. The monoisotopic (exact) mass is 361 g/mol. The fraction of sp³-hybridized carbons (Fsp3) is 0.333. The van der Waals surface area contributed by atoms with Crippen LogP contribution in [-0.2, 0) is 12.8 Å². The summed E-state index contributed by atoms with van der Waals surface area (Å²) in [4.78, 5) is 1.46. The number of halogens is 1. The Balaban J connectivity index is 1.60. The molecular weight excluding hydrogens is 342 g/mol. The molecule has 0 aromatic heterocycles. The summed E-state index contributed by atoms with van der Waals surface area (Å²) in [6.45, 7) is 0.767. The second-order valence-electron chi connectivity index (χ2n) is 5.72. The van der Waals surface area contributed by atoms with E-state index in [1.165, 1.54) is 28.9 Å². The van der Waals surface area contributed by atoms with Crippen molar-refractivity contribution in [1.82, 2.24) is 0 Å². The molecule has 110 valence electrons. The molecule has 2 N–H and O–H groups in total. The van der Waals surface area contributed by atoms with Crippen molar-refractivity contribution in [2.24, 2.45) is 11.7 Å². The number of rotatable bonds is 5. The zero-order chi connectivity index (χ0) is 14.7. The smallest absolute Gasteiger partial charge is 0.0175 e. The van der Waals surface area contributed by atoms with Gasteiger partial charge in [0.15, 0.2) is 0 Å². The van der Waals surface area contributed by atoms with Crippen LogP contribution in [0.15, 0.2) is 57.9 Å². The first-order valence-corrected chi connectivity index (χ1v) is 9.11. The quantitative estimate of drug-likeness (QED) is 0.836. The number of hydrogen-bond acceptors (Lipinski definition) is 2. The molecule has 1 aliphatic heterocycles. The molecule has 0 saturated heterocycles. The predicted molar refractivity (Wildman–Crippen MR) is 94.8 cm³/mol. The van der Waals surface area contributed by atoms with Crippen molar-refractivity contribution in [3.63, 3.8) is 0 Å². The highest BCUT2D eigenvalue weighted by Crippen LogP contribution is 2.39. The van der Waals surface area contributed by atoms with E-state index in [1.54, 1.807) is 0 Å². The average molecular weight is 362 g/mol. The molecule has 2 atom stereocenters. The lowest BCUT2D eigenvalue weighted by Crippen LogP contribution is -2.21. The number of nitrogens with two attached hydrogens (primary N) is 1. The molecule has 0 saturated carbocycles. The summed E-state index contributed by atoms with van der Waals surface area (Å²) >= 11 is 5.52. The maximum atomic E-state index is 6.02. The number of hydrogen-bond donors (Lipinski definition) is 1. The van der Waals surface area contributed by atoms with Gasteiger partial charge in [0.1, 0.15) is 0 Å². The van der Waals surface area contributed by atoms with Gasteiger partial charge in [0, 0.05) is 14.6 Å². The van der Waals surface area contributed by atoms with Crippen molar-refractivity contribution in [3.8, 4) is 0 Å². The standard InChI is InChI=1S/C18H20BrNS/c19-16-7-5-13(6-8-16)9-14(12-20)10-17-11-15-3-1-2-4-18(15)21-17/h1-8,14,17H,9-12,20H2. The molecule has 0 fully saturated rings. The molecule has 3 rings (SSSR count). The van der Waals surface area contributed by atoms with Gasteiger partial charge >= 0.3 is 0 Å². The molecule has 0 aliphatic carbocycles. The van der Waals surface area contributed by atoms with Crippen LogP contribution in [0.25, 0.3) is 0 Å². The van der Waals surface area contributed by atoms with Crippen molar-refractivity contribution in [1.29, 1.82) is 0 Å². The van der Waals surface area contributed by atoms with Crippen LogP contribution in [-0.4, -0.2) is 11.8 Å². The van der Waals surface area contributed by atoms with E-state index < -0.39 is 0 Å². The molecule has 2 aromatic carbocycles. The van der Waals surface area contributed by atoms with E-state index in [0.29, 0.717) is 11.2 Å². The maximum Gasteiger partial charge on any atom is 0.0175 e. The van der Waals surface area contributed by atoms with E-state index in [4.69, 9.17) is 5.73 Å². The number of thioether (sulfide) groups is 1. The molecule has 1 nitrogen and oxygen atoms in total. The van der Waals surface area contributed by atoms with Crippen LogP contribution in [0.4, 0.5) is 0 Å². The minimum Gasteiger partial charge on any atom is -0.330 e. The Labute approximate surface area is 139 Å².